The summed E-state index contributed by atoms with van der Waals surface area (Å²) in [5.41, 5.74) is 2.50. The smallest absolute Gasteiger partial charge is 0.289 e. The highest BCUT2D eigenvalue weighted by molar-refractivity contribution is 6.32. The number of halogens is 1. The number of nitrogens with zero attached hydrogens (tertiary/aromatic N) is 3. The number of nitriles is 1. The van der Waals surface area contributed by atoms with Crippen LogP contribution in [0.2, 0.25) is 5.02 Å². The monoisotopic (exact) mass is 402 g/mol. The SMILES string of the molecule is COCCNC(=O)C(C#N)=Cc1cc(C)n(-c2ccc(Cl)c([N+](=O)[O-])c2)c1C. The van der Waals surface area contributed by atoms with Gasteiger partial charge in [-0.15, -0.1) is 0 Å². The third-order valence-electron chi connectivity index (χ3n) is 4.11. The fourth-order valence-electron chi connectivity index (χ4n) is 2.78. The number of hydrogen-bond donors (Lipinski definition) is 1. The second-order valence-corrected chi connectivity index (χ2v) is 6.38. The molecule has 0 spiro atoms. The molecule has 0 aliphatic carbocycles. The van der Waals surface area contributed by atoms with Crippen molar-refractivity contribution in [1.82, 2.24) is 9.88 Å². The molecule has 2 aromatic rings. The molecule has 2 rings (SSSR count). The van der Waals surface area contributed by atoms with E-state index in [0.717, 1.165) is 11.4 Å². The number of nitrogens with one attached hydrogen (secondary N) is 1. The van der Waals surface area contributed by atoms with Crippen molar-refractivity contribution in [1.29, 1.82) is 5.26 Å². The number of rotatable bonds is 7. The predicted octanol–water partition coefficient (Wildman–Crippen LogP) is 3.33. The van der Waals surface area contributed by atoms with Crippen LogP contribution in [0.1, 0.15) is 17.0 Å². The Morgan fingerprint density at radius 3 is 2.75 bits per heavy atom. The lowest BCUT2D eigenvalue weighted by Gasteiger charge is -2.10. The van der Waals surface area contributed by atoms with Crippen LogP contribution in [0.25, 0.3) is 11.8 Å². The fraction of sp³-hybridized carbons (Fsp3) is 0.263. The van der Waals surface area contributed by atoms with Gasteiger partial charge in [0.2, 0.25) is 0 Å². The standard InChI is InChI=1S/C19H19ClN4O4/c1-12-8-14(9-15(11-21)19(25)22-6-7-28-3)13(2)23(12)16-4-5-17(20)18(10-16)24(26)27/h4-5,8-10H,6-7H2,1-3H3,(H,22,25). The van der Waals surface area contributed by atoms with Crippen LogP contribution in [-0.2, 0) is 9.53 Å². The summed E-state index contributed by atoms with van der Waals surface area (Å²) in [5, 5.41) is 23.1. The Kier molecular flexibility index (Phi) is 6.93. The molecule has 0 aliphatic rings. The quantitative estimate of drug-likeness (QED) is 0.251. The van der Waals surface area contributed by atoms with Crippen molar-refractivity contribution in [2.45, 2.75) is 13.8 Å². The number of ether oxygens (including phenoxy) is 1. The number of carbonyl (C=O) groups excluding carboxylic acids is 1. The molecule has 0 bridgehead atoms. The second kappa shape index (κ2) is 9.17. The van der Waals surface area contributed by atoms with E-state index in [-0.39, 0.29) is 16.3 Å². The van der Waals surface area contributed by atoms with E-state index >= 15 is 0 Å². The Balaban J connectivity index is 2.43. The second-order valence-electron chi connectivity index (χ2n) is 5.97. The van der Waals surface area contributed by atoms with Gasteiger partial charge in [0.25, 0.3) is 11.6 Å². The van der Waals surface area contributed by atoms with Gasteiger partial charge in [-0.2, -0.15) is 5.26 Å². The Morgan fingerprint density at radius 1 is 1.43 bits per heavy atom. The Bertz CT molecular complexity index is 989. The number of carbonyl (C=O) groups is 1. The first-order chi connectivity index (χ1) is 13.3. The zero-order valence-corrected chi connectivity index (χ0v) is 16.4. The summed E-state index contributed by atoms with van der Waals surface area (Å²) in [4.78, 5) is 22.7. The molecule has 146 valence electrons. The summed E-state index contributed by atoms with van der Waals surface area (Å²) in [6, 6.07) is 8.22. The van der Waals surface area contributed by atoms with Crippen LogP contribution in [0.15, 0.2) is 29.8 Å². The number of amides is 1. The highest BCUT2D eigenvalue weighted by atomic mass is 35.5. The zero-order valence-electron chi connectivity index (χ0n) is 15.7. The molecule has 1 aromatic heterocycles. The van der Waals surface area contributed by atoms with Gasteiger partial charge < -0.3 is 14.6 Å². The van der Waals surface area contributed by atoms with Crippen LogP contribution in [-0.4, -0.2) is 35.7 Å². The van der Waals surface area contributed by atoms with E-state index in [4.69, 9.17) is 16.3 Å². The highest BCUT2D eigenvalue weighted by Crippen LogP contribution is 2.29. The van der Waals surface area contributed by atoms with Crippen molar-refractivity contribution in [3.8, 4) is 11.8 Å². The molecule has 0 saturated carbocycles. The van der Waals surface area contributed by atoms with E-state index in [1.807, 2.05) is 13.0 Å². The molecule has 9 heteroatoms. The first-order valence-corrected chi connectivity index (χ1v) is 8.70. The molecule has 0 radical (unpaired) electrons. The minimum absolute atomic E-state index is 0.0431. The summed E-state index contributed by atoms with van der Waals surface area (Å²) in [6.07, 6.45) is 1.49. The van der Waals surface area contributed by atoms with Gasteiger partial charge in [0, 0.05) is 31.1 Å². The van der Waals surface area contributed by atoms with Gasteiger partial charge in [-0.05, 0) is 43.7 Å². The minimum Gasteiger partial charge on any atom is -0.383 e. The van der Waals surface area contributed by atoms with Crippen molar-refractivity contribution in [3.05, 3.63) is 61.9 Å². The zero-order chi connectivity index (χ0) is 20.8. The summed E-state index contributed by atoms with van der Waals surface area (Å²) in [6.45, 7) is 4.27. The van der Waals surface area contributed by atoms with Crippen LogP contribution in [0, 0.1) is 35.3 Å². The van der Waals surface area contributed by atoms with Gasteiger partial charge in [-0.25, -0.2) is 0 Å². The molecule has 8 nitrogen and oxygen atoms in total. The maximum absolute atomic E-state index is 12.1. The molecular formula is C19H19ClN4O4. The number of benzene rings is 1. The van der Waals surface area contributed by atoms with Crippen molar-refractivity contribution < 1.29 is 14.5 Å². The number of nitro benzene ring substituents is 1. The predicted molar refractivity (Wildman–Crippen MR) is 105 cm³/mol. The van der Waals surface area contributed by atoms with Crippen LogP contribution < -0.4 is 5.32 Å². The number of methoxy groups -OCH3 is 1. The Morgan fingerprint density at radius 2 is 2.14 bits per heavy atom. The van der Waals surface area contributed by atoms with Crippen LogP contribution >= 0.6 is 11.6 Å². The average Bonchev–Trinajstić information content (AvgIpc) is 2.93. The first-order valence-electron chi connectivity index (χ1n) is 8.32. The summed E-state index contributed by atoms with van der Waals surface area (Å²) >= 11 is 5.89. The number of aryl methyl sites for hydroxylation is 1. The molecule has 0 aliphatic heterocycles. The Hall–Kier alpha value is -3.15. The van der Waals surface area contributed by atoms with Crippen molar-refractivity contribution in [3.63, 3.8) is 0 Å². The van der Waals surface area contributed by atoms with E-state index < -0.39 is 10.8 Å². The molecule has 0 fully saturated rings. The molecule has 1 aromatic carbocycles. The molecular weight excluding hydrogens is 384 g/mol. The number of aromatic nitrogens is 1. The van der Waals surface area contributed by atoms with Gasteiger partial charge in [0.15, 0.2) is 0 Å². The molecule has 1 heterocycles. The molecule has 0 saturated heterocycles. The van der Waals surface area contributed by atoms with Crippen molar-refractivity contribution >= 4 is 29.3 Å². The maximum Gasteiger partial charge on any atom is 0.289 e. The minimum atomic E-state index is -0.543. The van der Waals surface area contributed by atoms with E-state index in [1.54, 1.807) is 23.6 Å². The van der Waals surface area contributed by atoms with Gasteiger partial charge in [-0.1, -0.05) is 11.6 Å². The first kappa shape index (κ1) is 21.2. The maximum atomic E-state index is 12.1. The lowest BCUT2D eigenvalue weighted by molar-refractivity contribution is -0.384. The van der Waals surface area contributed by atoms with Crippen LogP contribution in [0.4, 0.5) is 5.69 Å². The van der Waals surface area contributed by atoms with Crippen LogP contribution in [0.5, 0.6) is 0 Å². The van der Waals surface area contributed by atoms with E-state index in [0.29, 0.717) is 24.4 Å². The van der Waals surface area contributed by atoms with Gasteiger partial charge in [0.05, 0.1) is 17.2 Å². The van der Waals surface area contributed by atoms with Crippen molar-refractivity contribution in [2.24, 2.45) is 0 Å². The van der Waals surface area contributed by atoms with Gasteiger partial charge >= 0.3 is 0 Å². The lowest BCUT2D eigenvalue weighted by atomic mass is 10.1. The highest BCUT2D eigenvalue weighted by Gasteiger charge is 2.17. The van der Waals surface area contributed by atoms with Gasteiger partial charge in [0.1, 0.15) is 16.7 Å². The Labute approximate surface area is 167 Å². The number of hydrogen-bond acceptors (Lipinski definition) is 5. The fourth-order valence-corrected chi connectivity index (χ4v) is 2.96. The summed E-state index contributed by atoms with van der Waals surface area (Å²) < 4.78 is 6.67. The third-order valence-corrected chi connectivity index (χ3v) is 4.43. The van der Waals surface area contributed by atoms with E-state index in [2.05, 4.69) is 5.32 Å². The van der Waals surface area contributed by atoms with Crippen molar-refractivity contribution in [2.75, 3.05) is 20.3 Å². The largest absolute Gasteiger partial charge is 0.383 e. The summed E-state index contributed by atoms with van der Waals surface area (Å²) in [7, 11) is 1.52. The molecule has 1 amide bonds. The lowest BCUT2D eigenvalue weighted by Crippen LogP contribution is -2.27. The number of nitro groups is 1. The third kappa shape index (κ3) is 4.57. The van der Waals surface area contributed by atoms with E-state index in [9.17, 15) is 20.2 Å². The van der Waals surface area contributed by atoms with Crippen LogP contribution in [0.3, 0.4) is 0 Å². The van der Waals surface area contributed by atoms with E-state index in [1.165, 1.54) is 25.3 Å². The summed E-state index contributed by atoms with van der Waals surface area (Å²) in [5.74, 6) is -0.494. The molecule has 28 heavy (non-hydrogen) atoms. The normalized spacial score (nSPS) is 11.2. The topological polar surface area (TPSA) is 110 Å². The molecule has 0 unspecified atom stereocenters. The molecule has 0 atom stereocenters. The van der Waals surface area contributed by atoms with Gasteiger partial charge in [-0.3, -0.25) is 14.9 Å². The average molecular weight is 403 g/mol. The molecule has 1 N–H and O–H groups in total.